The van der Waals surface area contributed by atoms with Gasteiger partial charge in [0.05, 0.1) is 4.90 Å². The van der Waals surface area contributed by atoms with Gasteiger partial charge in [0.15, 0.2) is 6.10 Å². The van der Waals surface area contributed by atoms with Crippen LogP contribution in [0.25, 0.3) is 0 Å². The lowest BCUT2D eigenvalue weighted by atomic mass is 10.1. The SMILES string of the molecule is CCCNC(=O)[C@@H](C)OC(=O)CNS(=O)(=O)c1ccc(C)c(C)c1. The molecule has 0 aliphatic carbocycles. The number of hydrogen-bond donors (Lipinski definition) is 2. The first kappa shape index (κ1) is 20.1. The summed E-state index contributed by atoms with van der Waals surface area (Å²) in [5.74, 6) is -1.23. The van der Waals surface area contributed by atoms with Crippen molar-refractivity contribution < 1.29 is 22.7 Å². The van der Waals surface area contributed by atoms with E-state index in [1.807, 2.05) is 13.8 Å². The Kier molecular flexibility index (Phi) is 7.37. The van der Waals surface area contributed by atoms with Gasteiger partial charge in [-0.1, -0.05) is 13.0 Å². The van der Waals surface area contributed by atoms with Crippen LogP contribution in [-0.4, -0.2) is 39.5 Å². The zero-order chi connectivity index (χ0) is 18.3. The van der Waals surface area contributed by atoms with Crippen LogP contribution in [-0.2, 0) is 24.3 Å². The van der Waals surface area contributed by atoms with E-state index in [-0.39, 0.29) is 4.90 Å². The van der Waals surface area contributed by atoms with Gasteiger partial charge in [-0.2, -0.15) is 4.72 Å². The van der Waals surface area contributed by atoms with Gasteiger partial charge in [-0.3, -0.25) is 9.59 Å². The second-order valence-electron chi connectivity index (χ2n) is 5.49. The van der Waals surface area contributed by atoms with Gasteiger partial charge < -0.3 is 10.1 Å². The Morgan fingerprint density at radius 3 is 2.46 bits per heavy atom. The maximum absolute atomic E-state index is 12.2. The molecule has 0 aliphatic rings. The molecule has 0 saturated carbocycles. The Hall–Kier alpha value is -1.93. The maximum Gasteiger partial charge on any atom is 0.321 e. The van der Waals surface area contributed by atoms with Crippen molar-refractivity contribution in [3.05, 3.63) is 29.3 Å². The number of rotatable bonds is 8. The Morgan fingerprint density at radius 1 is 1.21 bits per heavy atom. The van der Waals surface area contributed by atoms with Crippen LogP contribution in [0.5, 0.6) is 0 Å². The van der Waals surface area contributed by atoms with Crippen LogP contribution in [0.2, 0.25) is 0 Å². The number of carbonyl (C=O) groups is 2. The molecule has 7 nitrogen and oxygen atoms in total. The summed E-state index contributed by atoms with van der Waals surface area (Å²) in [5, 5.41) is 2.59. The summed E-state index contributed by atoms with van der Waals surface area (Å²) in [7, 11) is -3.82. The van der Waals surface area contributed by atoms with Crippen molar-refractivity contribution in [2.75, 3.05) is 13.1 Å². The fourth-order valence-electron chi connectivity index (χ4n) is 1.80. The Morgan fingerprint density at radius 2 is 1.88 bits per heavy atom. The largest absolute Gasteiger partial charge is 0.452 e. The van der Waals surface area contributed by atoms with Crippen molar-refractivity contribution in [3.8, 4) is 0 Å². The minimum Gasteiger partial charge on any atom is -0.452 e. The van der Waals surface area contributed by atoms with E-state index in [1.165, 1.54) is 19.1 Å². The molecule has 8 heteroatoms. The number of ether oxygens (including phenoxy) is 1. The number of sulfonamides is 1. The first-order valence-corrected chi connectivity index (χ1v) is 9.19. The topological polar surface area (TPSA) is 102 Å². The molecule has 0 aromatic heterocycles. The highest BCUT2D eigenvalue weighted by atomic mass is 32.2. The highest BCUT2D eigenvalue weighted by Crippen LogP contribution is 2.14. The average Bonchev–Trinajstić information content (AvgIpc) is 2.53. The first-order chi connectivity index (χ1) is 11.2. The molecule has 0 unspecified atom stereocenters. The van der Waals surface area contributed by atoms with Gasteiger partial charge in [-0.05, 0) is 50.5 Å². The molecule has 0 fully saturated rings. The van der Waals surface area contributed by atoms with E-state index >= 15 is 0 Å². The lowest BCUT2D eigenvalue weighted by Gasteiger charge is -2.13. The molecule has 1 aromatic carbocycles. The molecule has 0 saturated heterocycles. The maximum atomic E-state index is 12.2. The number of carbonyl (C=O) groups excluding carboxylic acids is 2. The van der Waals surface area contributed by atoms with E-state index in [0.717, 1.165) is 17.5 Å². The van der Waals surface area contributed by atoms with Crippen LogP contribution >= 0.6 is 0 Å². The smallest absolute Gasteiger partial charge is 0.321 e. The van der Waals surface area contributed by atoms with Gasteiger partial charge in [-0.25, -0.2) is 8.42 Å². The fourth-order valence-corrected chi connectivity index (χ4v) is 2.86. The predicted octanol–water partition coefficient (Wildman–Crippen LogP) is 1.04. The van der Waals surface area contributed by atoms with Crippen molar-refractivity contribution in [1.82, 2.24) is 10.0 Å². The minimum absolute atomic E-state index is 0.0761. The second kappa shape index (κ2) is 8.79. The summed E-state index contributed by atoms with van der Waals surface area (Å²) in [6, 6.07) is 4.70. The summed E-state index contributed by atoms with van der Waals surface area (Å²) >= 11 is 0. The van der Waals surface area contributed by atoms with Crippen LogP contribution in [0.3, 0.4) is 0 Å². The van der Waals surface area contributed by atoms with E-state index in [2.05, 4.69) is 10.0 Å². The van der Waals surface area contributed by atoms with Gasteiger partial charge >= 0.3 is 5.97 Å². The first-order valence-electron chi connectivity index (χ1n) is 7.71. The summed E-state index contributed by atoms with van der Waals surface area (Å²) in [5.41, 5.74) is 1.81. The molecule has 24 heavy (non-hydrogen) atoms. The molecule has 0 aliphatic heterocycles. The van der Waals surface area contributed by atoms with Gasteiger partial charge in [0.2, 0.25) is 10.0 Å². The monoisotopic (exact) mass is 356 g/mol. The van der Waals surface area contributed by atoms with Gasteiger partial charge in [0.1, 0.15) is 6.54 Å². The molecule has 1 rings (SSSR count). The third-order valence-corrected chi connectivity index (χ3v) is 4.82. The zero-order valence-electron chi connectivity index (χ0n) is 14.4. The third kappa shape index (κ3) is 5.93. The van der Waals surface area contributed by atoms with Gasteiger partial charge in [-0.15, -0.1) is 0 Å². The molecular formula is C16H24N2O5S. The number of aryl methyl sites for hydroxylation is 2. The van der Waals surface area contributed by atoms with Crippen molar-refractivity contribution in [2.24, 2.45) is 0 Å². The van der Waals surface area contributed by atoms with Crippen LogP contribution < -0.4 is 10.0 Å². The van der Waals surface area contributed by atoms with Gasteiger partial charge in [0.25, 0.3) is 5.91 Å². The van der Waals surface area contributed by atoms with Gasteiger partial charge in [0, 0.05) is 6.54 Å². The summed E-state index contributed by atoms with van der Waals surface area (Å²) in [4.78, 5) is 23.4. The molecule has 1 amide bonds. The molecule has 0 heterocycles. The van der Waals surface area contributed by atoms with Crippen molar-refractivity contribution in [1.29, 1.82) is 0 Å². The van der Waals surface area contributed by atoms with E-state index in [1.54, 1.807) is 13.0 Å². The van der Waals surface area contributed by atoms with Crippen molar-refractivity contribution in [2.45, 2.75) is 45.1 Å². The molecular weight excluding hydrogens is 332 g/mol. The molecule has 1 aromatic rings. The van der Waals surface area contributed by atoms with E-state index in [4.69, 9.17) is 4.74 Å². The van der Waals surface area contributed by atoms with Crippen LogP contribution in [0.15, 0.2) is 23.1 Å². The Bertz CT molecular complexity index is 700. The van der Waals surface area contributed by atoms with Crippen molar-refractivity contribution >= 4 is 21.9 Å². The minimum atomic E-state index is -3.82. The molecule has 0 spiro atoms. The highest BCUT2D eigenvalue weighted by Gasteiger charge is 2.20. The molecule has 1 atom stereocenters. The van der Waals surface area contributed by atoms with Crippen LogP contribution in [0.4, 0.5) is 0 Å². The number of nitrogens with one attached hydrogen (secondary N) is 2. The molecule has 134 valence electrons. The fraction of sp³-hybridized carbons (Fsp3) is 0.500. The molecule has 0 radical (unpaired) electrons. The number of amides is 1. The summed E-state index contributed by atoms with van der Waals surface area (Å²) < 4.78 is 31.4. The standard InChI is InChI=1S/C16H24N2O5S/c1-5-8-17-16(20)13(4)23-15(19)10-18-24(21,22)14-7-6-11(2)12(3)9-14/h6-7,9,13,18H,5,8,10H2,1-4H3,(H,17,20)/t13-/m1/s1. The number of esters is 1. The Labute approximate surface area is 142 Å². The summed E-state index contributed by atoms with van der Waals surface area (Å²) in [6.45, 7) is 6.96. The van der Waals surface area contributed by atoms with Crippen LogP contribution in [0, 0.1) is 13.8 Å². The molecule has 0 bridgehead atoms. The lowest BCUT2D eigenvalue weighted by molar-refractivity contribution is -0.153. The zero-order valence-corrected chi connectivity index (χ0v) is 15.2. The summed E-state index contributed by atoms with van der Waals surface area (Å²) in [6.07, 6.45) is -0.211. The number of benzene rings is 1. The second-order valence-corrected chi connectivity index (χ2v) is 7.26. The lowest BCUT2D eigenvalue weighted by Crippen LogP contribution is -2.39. The third-order valence-electron chi connectivity index (χ3n) is 3.42. The van der Waals surface area contributed by atoms with Crippen LogP contribution in [0.1, 0.15) is 31.4 Å². The van der Waals surface area contributed by atoms with E-state index in [0.29, 0.717) is 6.54 Å². The number of hydrogen-bond acceptors (Lipinski definition) is 5. The average molecular weight is 356 g/mol. The van der Waals surface area contributed by atoms with Crippen molar-refractivity contribution in [3.63, 3.8) is 0 Å². The highest BCUT2D eigenvalue weighted by molar-refractivity contribution is 7.89. The normalized spacial score (nSPS) is 12.5. The van der Waals surface area contributed by atoms with E-state index in [9.17, 15) is 18.0 Å². The predicted molar refractivity (Wildman–Crippen MR) is 90.0 cm³/mol. The molecule has 2 N–H and O–H groups in total. The van der Waals surface area contributed by atoms with E-state index < -0.39 is 34.5 Å². The quantitative estimate of drug-likeness (QED) is 0.678. The Balaban J connectivity index is 2.59.